The number of unbranched alkanes of at least 4 members (excludes halogenated alkanes) is 21. The fraction of sp³-hybridized carbons (Fsp3) is 0.939. The zero-order valence-corrected chi connectivity index (χ0v) is 24.7. The molecule has 1 aliphatic heterocycles. The van der Waals surface area contributed by atoms with E-state index in [0.717, 1.165) is 0 Å². The number of nitrogens with zero attached hydrogens (tertiary/aromatic N) is 2. The lowest BCUT2D eigenvalue weighted by molar-refractivity contribution is 0.135. The highest BCUT2D eigenvalue weighted by molar-refractivity contribution is 4.97. The predicted octanol–water partition coefficient (Wildman–Crippen LogP) is 11.2. The maximum Gasteiger partial charge on any atom is 0.101 e. The van der Waals surface area contributed by atoms with Crippen LogP contribution in [-0.2, 0) is 0 Å². The van der Waals surface area contributed by atoms with E-state index in [9.17, 15) is 0 Å². The molecule has 0 aromatic rings. The second-order valence-corrected chi connectivity index (χ2v) is 11.5. The van der Waals surface area contributed by atoms with Crippen LogP contribution in [0.25, 0.3) is 0 Å². The quantitative estimate of drug-likeness (QED) is 0.106. The average Bonchev–Trinajstić information content (AvgIpc) is 3.25. The van der Waals surface area contributed by atoms with Gasteiger partial charge in [0.05, 0.1) is 0 Å². The van der Waals surface area contributed by atoms with Crippen molar-refractivity contribution in [3.05, 3.63) is 12.4 Å². The molecule has 0 fully saturated rings. The molecule has 2 heteroatoms. The minimum Gasteiger partial charge on any atom is -0.356 e. The molecule has 0 amide bonds. The first kappa shape index (κ1) is 32.4. The minimum atomic E-state index is 0.643. The lowest BCUT2D eigenvalue weighted by atomic mass is 10.0. The van der Waals surface area contributed by atoms with Crippen molar-refractivity contribution in [2.75, 3.05) is 13.1 Å². The molecule has 1 aliphatic rings. The van der Waals surface area contributed by atoms with Gasteiger partial charge in [-0.2, -0.15) is 0 Å². The molecule has 0 saturated carbocycles. The van der Waals surface area contributed by atoms with Gasteiger partial charge in [-0.3, -0.25) is 0 Å². The van der Waals surface area contributed by atoms with Gasteiger partial charge in [0.25, 0.3) is 0 Å². The fourth-order valence-corrected chi connectivity index (χ4v) is 5.66. The summed E-state index contributed by atoms with van der Waals surface area (Å²) < 4.78 is 0. The van der Waals surface area contributed by atoms with Gasteiger partial charge in [0.15, 0.2) is 0 Å². The molecule has 0 saturated heterocycles. The smallest absolute Gasteiger partial charge is 0.101 e. The molecule has 0 aromatic carbocycles. The zero-order valence-electron chi connectivity index (χ0n) is 24.7. The van der Waals surface area contributed by atoms with E-state index in [1.807, 2.05) is 0 Å². The molecule has 0 spiro atoms. The van der Waals surface area contributed by atoms with Crippen LogP contribution >= 0.6 is 0 Å². The summed E-state index contributed by atoms with van der Waals surface area (Å²) in [5.41, 5.74) is 0. The molecule has 1 rings (SSSR count). The van der Waals surface area contributed by atoms with Gasteiger partial charge in [-0.15, -0.1) is 0 Å². The molecule has 0 aromatic heterocycles. The van der Waals surface area contributed by atoms with Crippen LogP contribution in [0.15, 0.2) is 12.4 Å². The van der Waals surface area contributed by atoms with Crippen molar-refractivity contribution in [2.24, 2.45) is 0 Å². The third-order valence-electron chi connectivity index (χ3n) is 8.07. The molecule has 1 unspecified atom stereocenters. The van der Waals surface area contributed by atoms with E-state index in [2.05, 4.69) is 43.0 Å². The average molecular weight is 491 g/mol. The summed E-state index contributed by atoms with van der Waals surface area (Å²) in [5.74, 6) is 0. The highest BCUT2D eigenvalue weighted by atomic mass is 15.4. The Hall–Kier alpha value is -0.660. The van der Waals surface area contributed by atoms with E-state index >= 15 is 0 Å². The molecule has 0 aliphatic carbocycles. The summed E-state index contributed by atoms with van der Waals surface area (Å²) in [7, 11) is 0. The van der Waals surface area contributed by atoms with Crippen molar-refractivity contribution in [2.45, 2.75) is 187 Å². The van der Waals surface area contributed by atoms with Gasteiger partial charge in [0.2, 0.25) is 0 Å². The molecule has 35 heavy (non-hydrogen) atoms. The van der Waals surface area contributed by atoms with Crippen LogP contribution < -0.4 is 0 Å². The van der Waals surface area contributed by atoms with E-state index in [1.54, 1.807) is 0 Å². The second kappa shape index (κ2) is 25.0. The van der Waals surface area contributed by atoms with Gasteiger partial charge in [-0.1, -0.05) is 156 Å². The lowest BCUT2D eigenvalue weighted by Crippen LogP contribution is -2.39. The zero-order chi connectivity index (χ0) is 25.2. The SMILES string of the molecule is CCCCCCCCCCCCCCCN1C=CN(CCCCC)C1CCCCCCCCCC. The van der Waals surface area contributed by atoms with Crippen LogP contribution in [0.5, 0.6) is 0 Å². The Kier molecular flexibility index (Phi) is 23.1. The highest BCUT2D eigenvalue weighted by Crippen LogP contribution is 2.23. The van der Waals surface area contributed by atoms with E-state index in [0.29, 0.717) is 6.17 Å². The van der Waals surface area contributed by atoms with Crippen LogP contribution in [-0.4, -0.2) is 29.1 Å². The number of rotatable bonds is 27. The van der Waals surface area contributed by atoms with Crippen molar-refractivity contribution in [1.29, 1.82) is 0 Å². The van der Waals surface area contributed by atoms with Crippen molar-refractivity contribution in [3.8, 4) is 0 Å². The van der Waals surface area contributed by atoms with Crippen LogP contribution in [0.4, 0.5) is 0 Å². The van der Waals surface area contributed by atoms with Gasteiger partial charge < -0.3 is 9.80 Å². The molecule has 2 nitrogen and oxygen atoms in total. The third kappa shape index (κ3) is 18.3. The molecular weight excluding hydrogens is 424 g/mol. The Morgan fingerprint density at radius 2 is 0.657 bits per heavy atom. The summed E-state index contributed by atoms with van der Waals surface area (Å²) in [4.78, 5) is 5.35. The topological polar surface area (TPSA) is 6.48 Å². The van der Waals surface area contributed by atoms with Crippen molar-refractivity contribution in [3.63, 3.8) is 0 Å². The molecule has 1 heterocycles. The molecule has 0 radical (unpaired) electrons. The first-order valence-corrected chi connectivity index (χ1v) is 16.5. The second-order valence-electron chi connectivity index (χ2n) is 11.5. The van der Waals surface area contributed by atoms with E-state index in [1.165, 1.54) is 174 Å². The summed E-state index contributed by atoms with van der Waals surface area (Å²) in [6, 6.07) is 0. The fourth-order valence-electron chi connectivity index (χ4n) is 5.66. The Balaban J connectivity index is 2.12. The standard InChI is InChI=1S/C33H66N2/c1-4-7-10-12-14-16-17-18-19-20-22-24-27-30-35-32-31-34(29-26-9-6-3)33(35)28-25-23-21-15-13-11-8-5-2/h31-33H,4-30H2,1-3H3. The maximum atomic E-state index is 2.69. The summed E-state index contributed by atoms with van der Waals surface area (Å²) in [6.45, 7) is 9.45. The van der Waals surface area contributed by atoms with Crippen molar-refractivity contribution in [1.82, 2.24) is 9.80 Å². The largest absolute Gasteiger partial charge is 0.356 e. The highest BCUT2D eigenvalue weighted by Gasteiger charge is 2.24. The van der Waals surface area contributed by atoms with Gasteiger partial charge >= 0.3 is 0 Å². The van der Waals surface area contributed by atoms with Gasteiger partial charge in [-0.25, -0.2) is 0 Å². The summed E-state index contributed by atoms with van der Waals surface area (Å²) >= 11 is 0. The summed E-state index contributed by atoms with van der Waals surface area (Å²) in [6.07, 6.45) is 41.0. The van der Waals surface area contributed by atoms with E-state index in [4.69, 9.17) is 0 Å². The Morgan fingerprint density at radius 3 is 1.06 bits per heavy atom. The normalized spacial score (nSPS) is 15.6. The van der Waals surface area contributed by atoms with Crippen LogP contribution in [0.1, 0.15) is 181 Å². The van der Waals surface area contributed by atoms with Gasteiger partial charge in [-0.05, 0) is 25.7 Å². The summed E-state index contributed by atoms with van der Waals surface area (Å²) in [5, 5.41) is 0. The lowest BCUT2D eigenvalue weighted by Gasteiger charge is -2.33. The van der Waals surface area contributed by atoms with Crippen LogP contribution in [0.3, 0.4) is 0 Å². The molecule has 1 atom stereocenters. The van der Waals surface area contributed by atoms with Crippen LogP contribution in [0, 0.1) is 0 Å². The molecule has 208 valence electrons. The van der Waals surface area contributed by atoms with Gasteiger partial charge in [0, 0.05) is 25.5 Å². The first-order valence-electron chi connectivity index (χ1n) is 16.5. The minimum absolute atomic E-state index is 0.643. The van der Waals surface area contributed by atoms with Crippen molar-refractivity contribution < 1.29 is 0 Å². The molecule has 0 bridgehead atoms. The third-order valence-corrected chi connectivity index (χ3v) is 8.07. The maximum absolute atomic E-state index is 2.69. The molecule has 0 N–H and O–H groups in total. The first-order chi connectivity index (χ1) is 17.3. The monoisotopic (exact) mass is 491 g/mol. The number of hydrogen-bond donors (Lipinski definition) is 0. The van der Waals surface area contributed by atoms with Crippen molar-refractivity contribution >= 4 is 0 Å². The number of hydrogen-bond acceptors (Lipinski definition) is 2. The van der Waals surface area contributed by atoms with Crippen LogP contribution in [0.2, 0.25) is 0 Å². The Bertz CT molecular complexity index is 446. The van der Waals surface area contributed by atoms with E-state index < -0.39 is 0 Å². The van der Waals surface area contributed by atoms with Gasteiger partial charge in [0.1, 0.15) is 6.17 Å². The Morgan fingerprint density at radius 1 is 0.371 bits per heavy atom. The predicted molar refractivity (Wildman–Crippen MR) is 159 cm³/mol. The Labute approximate surface area is 222 Å². The van der Waals surface area contributed by atoms with E-state index in [-0.39, 0.29) is 0 Å². The molecular formula is C33H66N2.